The van der Waals surface area contributed by atoms with Gasteiger partial charge in [-0.1, -0.05) is 12.1 Å². The van der Waals surface area contributed by atoms with E-state index in [0.29, 0.717) is 17.9 Å². The van der Waals surface area contributed by atoms with Gasteiger partial charge in [0.1, 0.15) is 5.75 Å². The third-order valence-electron chi connectivity index (χ3n) is 3.64. The van der Waals surface area contributed by atoms with Crippen molar-refractivity contribution in [3.8, 4) is 5.75 Å². The number of hydrogen-bond acceptors (Lipinski definition) is 6. The second kappa shape index (κ2) is 9.28. The molecule has 0 saturated heterocycles. The first kappa shape index (κ1) is 19.8. The minimum atomic E-state index is -0.995. The second-order valence-corrected chi connectivity index (χ2v) is 5.55. The normalized spacial score (nSPS) is 11.8. The molecule has 0 aliphatic rings. The average Bonchev–Trinajstić information content (AvgIpc) is 2.66. The van der Waals surface area contributed by atoms with E-state index >= 15 is 0 Å². The van der Waals surface area contributed by atoms with Crippen LogP contribution in [0.25, 0.3) is 6.08 Å². The Hall–Kier alpha value is -3.48. The number of para-hydroxylation sites is 1. The Morgan fingerprint density at radius 2 is 1.81 bits per heavy atom. The molecule has 0 spiro atoms. The van der Waals surface area contributed by atoms with Gasteiger partial charge in [0.05, 0.1) is 17.1 Å². The minimum Gasteiger partial charge on any atom is -0.494 e. The van der Waals surface area contributed by atoms with E-state index in [-0.39, 0.29) is 17.0 Å². The lowest BCUT2D eigenvalue weighted by Gasteiger charge is -2.11. The van der Waals surface area contributed by atoms with E-state index in [2.05, 4.69) is 0 Å². The van der Waals surface area contributed by atoms with E-state index in [1.807, 2.05) is 6.92 Å². The average molecular weight is 369 g/mol. The SMILES string of the molecule is CCOc1ccc(C(=O)[C@H](C)OC(=O)/C=C/c2ccccc2[N+](=O)[O-])cc1. The highest BCUT2D eigenvalue weighted by Crippen LogP contribution is 2.19. The molecule has 0 N–H and O–H groups in total. The van der Waals surface area contributed by atoms with Gasteiger partial charge in [0.15, 0.2) is 6.10 Å². The van der Waals surface area contributed by atoms with Crippen LogP contribution in [0.1, 0.15) is 29.8 Å². The molecule has 0 aliphatic carbocycles. The van der Waals surface area contributed by atoms with Crippen LogP contribution < -0.4 is 4.74 Å². The predicted octanol–water partition coefficient (Wildman–Crippen LogP) is 3.82. The number of hydrogen-bond donors (Lipinski definition) is 0. The fourth-order valence-electron chi connectivity index (χ4n) is 2.34. The molecule has 0 amide bonds. The lowest BCUT2D eigenvalue weighted by Crippen LogP contribution is -2.23. The molecule has 140 valence electrons. The molecule has 1 atom stereocenters. The van der Waals surface area contributed by atoms with E-state index in [4.69, 9.17) is 9.47 Å². The number of nitro groups is 1. The smallest absolute Gasteiger partial charge is 0.331 e. The maximum atomic E-state index is 12.3. The summed E-state index contributed by atoms with van der Waals surface area (Å²) in [5.41, 5.74) is 0.534. The van der Waals surface area contributed by atoms with E-state index in [1.54, 1.807) is 30.3 Å². The van der Waals surface area contributed by atoms with Crippen LogP contribution in [-0.4, -0.2) is 29.4 Å². The van der Waals surface area contributed by atoms with Crippen molar-refractivity contribution in [3.63, 3.8) is 0 Å². The van der Waals surface area contributed by atoms with Gasteiger partial charge < -0.3 is 9.47 Å². The number of carbonyl (C=O) groups excluding carboxylic acids is 2. The Balaban J connectivity index is 2.00. The molecular formula is C20H19NO6. The predicted molar refractivity (Wildman–Crippen MR) is 99.6 cm³/mol. The van der Waals surface area contributed by atoms with Crippen molar-refractivity contribution in [3.05, 3.63) is 75.8 Å². The summed E-state index contributed by atoms with van der Waals surface area (Å²) in [4.78, 5) is 34.7. The van der Waals surface area contributed by atoms with Gasteiger partial charge in [-0.2, -0.15) is 0 Å². The zero-order valence-electron chi connectivity index (χ0n) is 15.0. The van der Waals surface area contributed by atoms with Crippen molar-refractivity contribution >= 4 is 23.5 Å². The van der Waals surface area contributed by atoms with Crippen LogP contribution in [0.15, 0.2) is 54.6 Å². The van der Waals surface area contributed by atoms with Crippen LogP contribution in [0.4, 0.5) is 5.69 Å². The van der Waals surface area contributed by atoms with Crippen LogP contribution in [0.2, 0.25) is 0 Å². The van der Waals surface area contributed by atoms with Gasteiger partial charge in [0.2, 0.25) is 5.78 Å². The summed E-state index contributed by atoms with van der Waals surface area (Å²) in [5.74, 6) is -0.475. The zero-order chi connectivity index (χ0) is 19.8. The van der Waals surface area contributed by atoms with Crippen LogP contribution in [0, 0.1) is 10.1 Å². The van der Waals surface area contributed by atoms with E-state index < -0.39 is 17.0 Å². The molecule has 0 bridgehead atoms. The number of Topliss-reactive ketones (excluding diaryl/α,β-unsaturated/α-hetero) is 1. The fourth-order valence-corrected chi connectivity index (χ4v) is 2.34. The highest BCUT2D eigenvalue weighted by atomic mass is 16.6. The first-order valence-electron chi connectivity index (χ1n) is 8.31. The molecule has 27 heavy (non-hydrogen) atoms. The van der Waals surface area contributed by atoms with E-state index in [0.717, 1.165) is 6.08 Å². The molecule has 0 aromatic heterocycles. The highest BCUT2D eigenvalue weighted by molar-refractivity contribution is 6.01. The van der Waals surface area contributed by atoms with Crippen LogP contribution >= 0.6 is 0 Å². The lowest BCUT2D eigenvalue weighted by atomic mass is 10.1. The van der Waals surface area contributed by atoms with Crippen molar-refractivity contribution < 1.29 is 24.0 Å². The van der Waals surface area contributed by atoms with E-state index in [1.165, 1.54) is 31.2 Å². The summed E-state index contributed by atoms with van der Waals surface area (Å²) in [6.07, 6.45) is 1.35. The second-order valence-electron chi connectivity index (χ2n) is 5.55. The number of rotatable bonds is 8. The number of benzene rings is 2. The van der Waals surface area contributed by atoms with E-state index in [9.17, 15) is 19.7 Å². The molecule has 0 saturated carbocycles. The topological polar surface area (TPSA) is 95.7 Å². The van der Waals surface area contributed by atoms with Crippen molar-refractivity contribution in [2.45, 2.75) is 20.0 Å². The Morgan fingerprint density at radius 1 is 1.15 bits per heavy atom. The summed E-state index contributed by atoms with van der Waals surface area (Å²) >= 11 is 0. The van der Waals surface area contributed by atoms with Gasteiger partial charge >= 0.3 is 5.97 Å². The van der Waals surface area contributed by atoms with Crippen LogP contribution in [-0.2, 0) is 9.53 Å². The molecule has 0 heterocycles. The number of ketones is 1. The number of esters is 1. The Morgan fingerprint density at radius 3 is 2.44 bits per heavy atom. The molecule has 2 aromatic carbocycles. The van der Waals surface area contributed by atoms with Gasteiger partial charge in [0, 0.05) is 17.7 Å². The van der Waals surface area contributed by atoms with Gasteiger partial charge in [-0.15, -0.1) is 0 Å². The van der Waals surface area contributed by atoms with Crippen LogP contribution in [0.3, 0.4) is 0 Å². The highest BCUT2D eigenvalue weighted by Gasteiger charge is 2.19. The maximum Gasteiger partial charge on any atom is 0.331 e. The molecule has 7 nitrogen and oxygen atoms in total. The number of nitro benzene ring substituents is 1. The molecule has 0 aliphatic heterocycles. The van der Waals surface area contributed by atoms with Crippen molar-refractivity contribution in [2.24, 2.45) is 0 Å². The maximum absolute atomic E-state index is 12.3. The third-order valence-corrected chi connectivity index (χ3v) is 3.64. The number of ether oxygens (including phenoxy) is 2. The molecule has 0 fully saturated rings. The Bertz CT molecular complexity index is 857. The monoisotopic (exact) mass is 369 g/mol. The molecule has 2 aromatic rings. The standard InChI is InChI=1S/C20H19NO6/c1-3-26-17-11-8-16(9-12-17)20(23)14(2)27-19(22)13-10-15-6-4-5-7-18(15)21(24)25/h4-14H,3H2,1-2H3/b13-10+/t14-/m0/s1. The summed E-state index contributed by atoms with van der Waals surface area (Å²) < 4.78 is 10.4. The largest absolute Gasteiger partial charge is 0.494 e. The van der Waals surface area contributed by atoms with Gasteiger partial charge in [0.25, 0.3) is 5.69 Å². The zero-order valence-corrected chi connectivity index (χ0v) is 15.0. The molecule has 0 unspecified atom stereocenters. The summed E-state index contributed by atoms with van der Waals surface area (Å²) in [7, 11) is 0. The molecule has 7 heteroatoms. The van der Waals surface area contributed by atoms with Crippen molar-refractivity contribution in [1.29, 1.82) is 0 Å². The number of carbonyl (C=O) groups is 2. The van der Waals surface area contributed by atoms with Crippen molar-refractivity contribution in [2.75, 3.05) is 6.61 Å². The fraction of sp³-hybridized carbons (Fsp3) is 0.200. The van der Waals surface area contributed by atoms with Gasteiger partial charge in [-0.25, -0.2) is 4.79 Å². The summed E-state index contributed by atoms with van der Waals surface area (Å²) in [6, 6.07) is 12.5. The number of nitrogens with zero attached hydrogens (tertiary/aromatic N) is 1. The summed E-state index contributed by atoms with van der Waals surface area (Å²) in [5, 5.41) is 11.0. The first-order valence-corrected chi connectivity index (χ1v) is 8.31. The molecule has 0 radical (unpaired) electrons. The third kappa shape index (κ3) is 5.50. The lowest BCUT2D eigenvalue weighted by molar-refractivity contribution is -0.385. The van der Waals surface area contributed by atoms with Crippen LogP contribution in [0.5, 0.6) is 5.75 Å². The van der Waals surface area contributed by atoms with Crippen molar-refractivity contribution in [1.82, 2.24) is 0 Å². The van der Waals surface area contributed by atoms with Gasteiger partial charge in [-0.3, -0.25) is 14.9 Å². The molecular weight excluding hydrogens is 350 g/mol. The first-order chi connectivity index (χ1) is 12.9. The molecule has 2 rings (SSSR count). The Labute approximate surface area is 156 Å². The Kier molecular flexibility index (Phi) is 6.82. The minimum absolute atomic E-state index is 0.125. The quantitative estimate of drug-likeness (QED) is 0.231. The summed E-state index contributed by atoms with van der Waals surface area (Å²) in [6.45, 7) is 3.85. The van der Waals surface area contributed by atoms with Gasteiger partial charge in [-0.05, 0) is 50.3 Å².